The van der Waals surface area contributed by atoms with Gasteiger partial charge in [0.2, 0.25) is 0 Å². The van der Waals surface area contributed by atoms with Crippen LogP contribution in [0.4, 0.5) is 11.5 Å². The molecule has 124 valence electrons. The van der Waals surface area contributed by atoms with E-state index in [1.807, 2.05) is 47.7 Å². The van der Waals surface area contributed by atoms with Crippen LogP contribution >= 0.6 is 0 Å². The number of likely N-dealkylation sites (N-methyl/N-ethyl adjacent to an activating group) is 2. The lowest BCUT2D eigenvalue weighted by Crippen LogP contribution is -2.37. The minimum atomic E-state index is 0.385. The Morgan fingerprint density at radius 3 is 1.86 bits per heavy atom. The molecular formula is C17H36N4. The van der Waals surface area contributed by atoms with Gasteiger partial charge in [0.1, 0.15) is 5.82 Å². The highest BCUT2D eigenvalue weighted by molar-refractivity contribution is 5.67. The zero-order chi connectivity index (χ0) is 17.0. The molecule has 0 aromatic carbocycles. The van der Waals surface area contributed by atoms with E-state index in [2.05, 4.69) is 47.7 Å². The Kier molecular flexibility index (Phi) is 13.0. The summed E-state index contributed by atoms with van der Waals surface area (Å²) in [4.78, 5) is 13.4. The quantitative estimate of drug-likeness (QED) is 0.760. The monoisotopic (exact) mass is 296 g/mol. The molecule has 21 heavy (non-hydrogen) atoms. The summed E-state index contributed by atoms with van der Waals surface area (Å²) < 4.78 is 0. The van der Waals surface area contributed by atoms with E-state index >= 15 is 0 Å². The van der Waals surface area contributed by atoms with Gasteiger partial charge in [-0.25, -0.2) is 9.97 Å². The summed E-state index contributed by atoms with van der Waals surface area (Å²) in [5, 5.41) is 0. The van der Waals surface area contributed by atoms with Crippen LogP contribution in [0, 0.1) is 0 Å². The molecule has 0 spiro atoms. The van der Waals surface area contributed by atoms with Crippen molar-refractivity contribution in [3.05, 3.63) is 12.0 Å². The van der Waals surface area contributed by atoms with E-state index in [9.17, 15) is 0 Å². The average molecular weight is 297 g/mol. The Labute approximate surface area is 132 Å². The predicted octanol–water partition coefficient (Wildman–Crippen LogP) is 4.56. The molecule has 0 atom stereocenters. The molecule has 0 radical (unpaired) electrons. The molecule has 2 heterocycles. The Bertz CT molecular complexity index is 364. The van der Waals surface area contributed by atoms with Gasteiger partial charge in [-0.1, -0.05) is 55.4 Å². The van der Waals surface area contributed by atoms with Crippen LogP contribution in [0.2, 0.25) is 0 Å². The lowest BCUT2D eigenvalue weighted by molar-refractivity contribution is 0.731. The van der Waals surface area contributed by atoms with Crippen LogP contribution in [0.1, 0.15) is 67.1 Å². The van der Waals surface area contributed by atoms with Crippen LogP contribution < -0.4 is 9.80 Å². The largest absolute Gasteiger partial charge is 0.369 e. The van der Waals surface area contributed by atoms with Crippen LogP contribution in [-0.4, -0.2) is 37.2 Å². The lowest BCUT2D eigenvalue weighted by atomic mass is 10.2. The zero-order valence-electron chi connectivity index (χ0n) is 15.9. The number of anilines is 2. The number of nitrogens with zero attached hydrogens (tertiary/aromatic N) is 4. The van der Waals surface area contributed by atoms with E-state index in [1.54, 1.807) is 0 Å². The van der Waals surface area contributed by atoms with Crippen molar-refractivity contribution in [3.63, 3.8) is 0 Å². The highest BCUT2D eigenvalue weighted by atomic mass is 15.3. The smallest absolute Gasteiger partial charge is 0.155 e. The Morgan fingerprint density at radius 1 is 0.905 bits per heavy atom. The van der Waals surface area contributed by atoms with E-state index in [4.69, 9.17) is 0 Å². The highest BCUT2D eigenvalue weighted by Crippen LogP contribution is 2.29. The van der Waals surface area contributed by atoms with Gasteiger partial charge in [-0.15, -0.1) is 0 Å². The summed E-state index contributed by atoms with van der Waals surface area (Å²) in [5.74, 6) is 2.37. The SMILES string of the molecule is CC.CC.CC.CC(C)c1ncc2c(n1)N(C)CCN2C. The van der Waals surface area contributed by atoms with Gasteiger partial charge in [0.25, 0.3) is 0 Å². The molecule has 1 aliphatic heterocycles. The van der Waals surface area contributed by atoms with Gasteiger partial charge in [-0.2, -0.15) is 0 Å². The summed E-state index contributed by atoms with van der Waals surface area (Å²) >= 11 is 0. The van der Waals surface area contributed by atoms with Crippen molar-refractivity contribution in [2.45, 2.75) is 61.3 Å². The minimum Gasteiger partial charge on any atom is -0.369 e. The van der Waals surface area contributed by atoms with Crippen molar-refractivity contribution in [2.24, 2.45) is 0 Å². The summed E-state index contributed by atoms with van der Waals surface area (Å²) in [5.41, 5.74) is 1.13. The molecule has 2 rings (SSSR count). The molecule has 0 unspecified atom stereocenters. The van der Waals surface area contributed by atoms with E-state index in [-0.39, 0.29) is 0 Å². The summed E-state index contributed by atoms with van der Waals surface area (Å²) in [6.45, 7) is 18.3. The van der Waals surface area contributed by atoms with Crippen LogP contribution in [0.15, 0.2) is 6.20 Å². The fourth-order valence-corrected chi connectivity index (χ4v) is 1.73. The molecule has 0 saturated carbocycles. The fourth-order valence-electron chi connectivity index (χ4n) is 1.73. The van der Waals surface area contributed by atoms with Crippen molar-refractivity contribution in [2.75, 3.05) is 37.0 Å². The van der Waals surface area contributed by atoms with Crippen molar-refractivity contribution in [3.8, 4) is 0 Å². The molecule has 1 aliphatic rings. The maximum Gasteiger partial charge on any atom is 0.155 e. The Hall–Kier alpha value is -1.32. The third-order valence-corrected chi connectivity index (χ3v) is 2.83. The lowest BCUT2D eigenvalue weighted by Gasteiger charge is -2.33. The number of aromatic nitrogens is 2. The molecule has 0 fully saturated rings. The molecule has 0 saturated heterocycles. The summed E-state index contributed by atoms with van der Waals surface area (Å²) in [7, 11) is 4.17. The van der Waals surface area contributed by atoms with Gasteiger partial charge in [-0.05, 0) is 0 Å². The van der Waals surface area contributed by atoms with Crippen molar-refractivity contribution < 1.29 is 0 Å². The highest BCUT2D eigenvalue weighted by Gasteiger charge is 2.20. The first-order chi connectivity index (χ1) is 10.1. The molecule has 1 aromatic heterocycles. The fraction of sp³-hybridized carbons (Fsp3) is 0.765. The van der Waals surface area contributed by atoms with Crippen LogP contribution in [0.25, 0.3) is 0 Å². The molecule has 4 heteroatoms. The molecule has 4 nitrogen and oxygen atoms in total. The van der Waals surface area contributed by atoms with E-state index in [0.29, 0.717) is 5.92 Å². The van der Waals surface area contributed by atoms with Crippen LogP contribution in [0.5, 0.6) is 0 Å². The van der Waals surface area contributed by atoms with Gasteiger partial charge in [0.15, 0.2) is 5.82 Å². The number of hydrogen-bond acceptors (Lipinski definition) is 4. The zero-order valence-corrected chi connectivity index (χ0v) is 15.9. The molecule has 0 bridgehead atoms. The average Bonchev–Trinajstić information content (AvgIpc) is 2.56. The topological polar surface area (TPSA) is 32.3 Å². The Morgan fingerprint density at radius 2 is 1.38 bits per heavy atom. The molecule has 0 N–H and O–H groups in total. The van der Waals surface area contributed by atoms with Gasteiger partial charge < -0.3 is 9.80 Å². The molecule has 0 aliphatic carbocycles. The first-order valence-electron chi connectivity index (χ1n) is 8.39. The maximum absolute atomic E-state index is 4.62. The molecular weight excluding hydrogens is 260 g/mol. The molecule has 1 aromatic rings. The van der Waals surface area contributed by atoms with Gasteiger partial charge in [-0.3, -0.25) is 0 Å². The second kappa shape index (κ2) is 12.4. The van der Waals surface area contributed by atoms with E-state index < -0.39 is 0 Å². The number of hydrogen-bond donors (Lipinski definition) is 0. The van der Waals surface area contributed by atoms with Gasteiger partial charge in [0, 0.05) is 33.1 Å². The maximum atomic E-state index is 4.62. The number of fused-ring (bicyclic) bond motifs is 1. The first kappa shape index (κ1) is 22.0. The molecule has 0 amide bonds. The first-order valence-corrected chi connectivity index (χ1v) is 8.39. The predicted molar refractivity (Wildman–Crippen MR) is 96.7 cm³/mol. The third-order valence-electron chi connectivity index (χ3n) is 2.83. The third kappa shape index (κ3) is 6.32. The summed E-state index contributed by atoms with van der Waals surface area (Å²) in [6, 6.07) is 0. The normalized spacial score (nSPS) is 12.1. The van der Waals surface area contributed by atoms with Gasteiger partial charge in [0.05, 0.1) is 11.9 Å². The van der Waals surface area contributed by atoms with Gasteiger partial charge >= 0.3 is 0 Å². The second-order valence-corrected chi connectivity index (χ2v) is 4.43. The van der Waals surface area contributed by atoms with Crippen LogP contribution in [0.3, 0.4) is 0 Å². The standard InChI is InChI=1S/C11H18N4.3C2H6/c1-8(2)10-12-7-9-11(13-10)15(4)6-5-14(9)3;3*1-2/h7-8H,5-6H2,1-4H3;3*1-2H3. The van der Waals surface area contributed by atoms with E-state index in [1.165, 1.54) is 0 Å². The van der Waals surface area contributed by atoms with Crippen molar-refractivity contribution in [1.29, 1.82) is 0 Å². The Balaban J connectivity index is 0. The number of rotatable bonds is 1. The minimum absolute atomic E-state index is 0.385. The second-order valence-electron chi connectivity index (χ2n) is 4.43. The summed E-state index contributed by atoms with van der Waals surface area (Å²) in [6.07, 6.45) is 1.94. The van der Waals surface area contributed by atoms with Crippen molar-refractivity contribution in [1.82, 2.24) is 9.97 Å². The van der Waals surface area contributed by atoms with E-state index in [0.717, 1.165) is 30.4 Å². The van der Waals surface area contributed by atoms with Crippen molar-refractivity contribution >= 4 is 11.5 Å². The van der Waals surface area contributed by atoms with Crippen LogP contribution in [-0.2, 0) is 0 Å².